The van der Waals surface area contributed by atoms with Gasteiger partial charge in [-0.05, 0) is 24.2 Å². The van der Waals surface area contributed by atoms with Gasteiger partial charge < -0.3 is 15.4 Å². The highest BCUT2D eigenvalue weighted by Crippen LogP contribution is 2.08. The molecule has 0 aromatic heterocycles. The lowest BCUT2D eigenvalue weighted by atomic mass is 10.1. The number of carbonyl (C=O) groups excluding carboxylic acids is 1. The maximum absolute atomic E-state index is 11.9. The Morgan fingerprint density at radius 3 is 2.40 bits per heavy atom. The zero-order chi connectivity index (χ0) is 16.5. The van der Waals surface area contributed by atoms with Gasteiger partial charge in [0.2, 0.25) is 5.91 Å². The molecule has 1 aromatic carbocycles. The van der Waals surface area contributed by atoms with Crippen molar-refractivity contribution >= 4 is 30.7 Å². The van der Waals surface area contributed by atoms with Crippen molar-refractivity contribution in [2.24, 2.45) is 0 Å². The second-order valence-corrected chi connectivity index (χ2v) is 5.96. The standard InChI is InChI=1S/C18H29N3O2.2ClH/c1-3-21(4-2)14-16-7-5-15(6-8-16)12-20-18(22)11-17-13-19-9-10-23-17;;/h5-8,17,19H,3-4,9-14H2,1-2H3,(H,20,22);2*1H. The Labute approximate surface area is 163 Å². The summed E-state index contributed by atoms with van der Waals surface area (Å²) in [6.45, 7) is 10.4. The molecule has 5 nitrogen and oxygen atoms in total. The molecule has 0 aliphatic carbocycles. The van der Waals surface area contributed by atoms with Crippen molar-refractivity contribution in [1.82, 2.24) is 15.5 Å². The summed E-state index contributed by atoms with van der Waals surface area (Å²) in [6, 6.07) is 8.48. The van der Waals surface area contributed by atoms with E-state index in [1.807, 2.05) is 0 Å². The molecule has 1 aromatic rings. The third-order valence-electron chi connectivity index (χ3n) is 4.23. The lowest BCUT2D eigenvalue weighted by Crippen LogP contribution is -2.41. The summed E-state index contributed by atoms with van der Waals surface area (Å²) in [6.07, 6.45) is 0.424. The van der Waals surface area contributed by atoms with Gasteiger partial charge in [-0.3, -0.25) is 9.69 Å². The number of halogens is 2. The fourth-order valence-electron chi connectivity index (χ4n) is 2.70. The predicted molar refractivity (Wildman–Crippen MR) is 107 cm³/mol. The summed E-state index contributed by atoms with van der Waals surface area (Å²) in [4.78, 5) is 14.3. The minimum Gasteiger partial charge on any atom is -0.375 e. The number of carbonyl (C=O) groups is 1. The minimum absolute atomic E-state index is 0. The van der Waals surface area contributed by atoms with Crippen molar-refractivity contribution in [2.45, 2.75) is 39.5 Å². The Bertz CT molecular complexity index is 476. The normalized spacial score (nSPS) is 16.7. The van der Waals surface area contributed by atoms with Gasteiger partial charge in [-0.1, -0.05) is 38.1 Å². The average Bonchev–Trinajstić information content (AvgIpc) is 2.60. The number of benzene rings is 1. The molecule has 1 unspecified atom stereocenters. The highest BCUT2D eigenvalue weighted by atomic mass is 35.5. The van der Waals surface area contributed by atoms with E-state index in [4.69, 9.17) is 4.74 Å². The van der Waals surface area contributed by atoms with Gasteiger partial charge in [0, 0.05) is 26.2 Å². The molecular weight excluding hydrogens is 361 g/mol. The van der Waals surface area contributed by atoms with Crippen LogP contribution >= 0.6 is 24.8 Å². The molecule has 1 heterocycles. The molecule has 1 saturated heterocycles. The Kier molecular flexibility index (Phi) is 12.9. The van der Waals surface area contributed by atoms with Crippen molar-refractivity contribution in [3.05, 3.63) is 35.4 Å². The predicted octanol–water partition coefficient (Wildman–Crippen LogP) is 2.37. The lowest BCUT2D eigenvalue weighted by Gasteiger charge is -2.23. The maximum Gasteiger partial charge on any atom is 0.222 e. The van der Waals surface area contributed by atoms with Gasteiger partial charge in [0.15, 0.2) is 0 Å². The number of rotatable bonds is 8. The largest absolute Gasteiger partial charge is 0.375 e. The van der Waals surface area contributed by atoms with E-state index in [1.165, 1.54) is 5.56 Å². The van der Waals surface area contributed by atoms with Crippen LogP contribution in [0.2, 0.25) is 0 Å². The van der Waals surface area contributed by atoms with Crippen molar-refractivity contribution in [2.75, 3.05) is 32.8 Å². The maximum atomic E-state index is 11.9. The summed E-state index contributed by atoms with van der Waals surface area (Å²) < 4.78 is 5.55. The van der Waals surface area contributed by atoms with Gasteiger partial charge in [-0.2, -0.15) is 0 Å². The quantitative estimate of drug-likeness (QED) is 0.713. The first kappa shape index (κ1) is 24.1. The summed E-state index contributed by atoms with van der Waals surface area (Å²) in [5.41, 5.74) is 2.44. The van der Waals surface area contributed by atoms with Crippen LogP contribution in [-0.2, 0) is 22.6 Å². The first-order valence-electron chi connectivity index (χ1n) is 8.60. The van der Waals surface area contributed by atoms with Crippen LogP contribution in [0.15, 0.2) is 24.3 Å². The summed E-state index contributed by atoms with van der Waals surface area (Å²) in [5.74, 6) is 0.0471. The van der Waals surface area contributed by atoms with Crippen molar-refractivity contribution in [3.63, 3.8) is 0 Å². The number of hydrogen-bond donors (Lipinski definition) is 2. The highest BCUT2D eigenvalue weighted by Gasteiger charge is 2.16. The van der Waals surface area contributed by atoms with Crippen molar-refractivity contribution < 1.29 is 9.53 Å². The molecule has 1 amide bonds. The van der Waals surface area contributed by atoms with E-state index in [0.717, 1.165) is 38.3 Å². The van der Waals surface area contributed by atoms with Gasteiger partial charge in [-0.15, -0.1) is 24.8 Å². The number of morpholine rings is 1. The Balaban J connectivity index is 0.00000288. The second kappa shape index (κ2) is 13.4. The number of ether oxygens (including phenoxy) is 1. The molecule has 7 heteroatoms. The lowest BCUT2D eigenvalue weighted by molar-refractivity contribution is -0.124. The van der Waals surface area contributed by atoms with Crippen molar-refractivity contribution in [3.8, 4) is 0 Å². The molecule has 0 radical (unpaired) electrons. The molecule has 2 N–H and O–H groups in total. The zero-order valence-electron chi connectivity index (χ0n) is 15.1. The Hall–Kier alpha value is -0.850. The molecule has 0 bridgehead atoms. The molecule has 1 aliphatic rings. The Morgan fingerprint density at radius 1 is 1.20 bits per heavy atom. The van der Waals surface area contributed by atoms with Gasteiger partial charge in [-0.25, -0.2) is 0 Å². The molecule has 2 rings (SSSR count). The Morgan fingerprint density at radius 2 is 1.84 bits per heavy atom. The fraction of sp³-hybridized carbons (Fsp3) is 0.611. The fourth-order valence-corrected chi connectivity index (χ4v) is 2.70. The molecular formula is C18H31Cl2N3O2. The smallest absolute Gasteiger partial charge is 0.222 e. The number of nitrogens with zero attached hydrogens (tertiary/aromatic N) is 1. The van der Waals surface area contributed by atoms with Crippen molar-refractivity contribution in [1.29, 1.82) is 0 Å². The van der Waals surface area contributed by atoms with E-state index in [-0.39, 0.29) is 36.8 Å². The van der Waals surface area contributed by atoms with Crippen LogP contribution in [0.4, 0.5) is 0 Å². The number of hydrogen-bond acceptors (Lipinski definition) is 4. The van der Waals surface area contributed by atoms with Gasteiger partial charge in [0.1, 0.15) is 0 Å². The minimum atomic E-state index is 0. The third kappa shape index (κ3) is 8.88. The van der Waals surface area contributed by atoms with Crippen LogP contribution in [0, 0.1) is 0 Å². The van der Waals surface area contributed by atoms with Gasteiger partial charge >= 0.3 is 0 Å². The SMILES string of the molecule is CCN(CC)Cc1ccc(CNC(=O)CC2CNCCO2)cc1.Cl.Cl. The monoisotopic (exact) mass is 391 g/mol. The summed E-state index contributed by atoms with van der Waals surface area (Å²) >= 11 is 0. The number of amides is 1. The first-order chi connectivity index (χ1) is 11.2. The molecule has 1 fully saturated rings. The van der Waals surface area contributed by atoms with E-state index < -0.39 is 0 Å². The molecule has 144 valence electrons. The van der Waals surface area contributed by atoms with E-state index >= 15 is 0 Å². The topological polar surface area (TPSA) is 53.6 Å². The summed E-state index contributed by atoms with van der Waals surface area (Å²) in [5, 5.41) is 6.21. The second-order valence-electron chi connectivity index (χ2n) is 5.96. The highest BCUT2D eigenvalue weighted by molar-refractivity contribution is 5.85. The van der Waals surface area contributed by atoms with Crippen LogP contribution in [0.1, 0.15) is 31.4 Å². The van der Waals surface area contributed by atoms with E-state index in [1.54, 1.807) is 0 Å². The van der Waals surface area contributed by atoms with Crippen LogP contribution < -0.4 is 10.6 Å². The number of nitrogens with one attached hydrogen (secondary N) is 2. The molecule has 0 saturated carbocycles. The van der Waals surface area contributed by atoms with E-state index in [2.05, 4.69) is 53.6 Å². The van der Waals surface area contributed by atoms with Crippen LogP contribution in [0.5, 0.6) is 0 Å². The van der Waals surface area contributed by atoms with E-state index in [9.17, 15) is 4.79 Å². The van der Waals surface area contributed by atoms with Gasteiger partial charge in [0.05, 0.1) is 19.1 Å². The third-order valence-corrected chi connectivity index (χ3v) is 4.23. The van der Waals surface area contributed by atoms with Crippen LogP contribution in [0.25, 0.3) is 0 Å². The molecule has 1 atom stereocenters. The van der Waals surface area contributed by atoms with Crippen LogP contribution in [-0.4, -0.2) is 49.7 Å². The zero-order valence-corrected chi connectivity index (χ0v) is 16.8. The van der Waals surface area contributed by atoms with Crippen LogP contribution in [0.3, 0.4) is 0 Å². The molecule has 25 heavy (non-hydrogen) atoms. The summed E-state index contributed by atoms with van der Waals surface area (Å²) in [7, 11) is 0. The first-order valence-corrected chi connectivity index (χ1v) is 8.60. The van der Waals surface area contributed by atoms with Gasteiger partial charge in [0.25, 0.3) is 0 Å². The molecule has 0 spiro atoms. The van der Waals surface area contributed by atoms with E-state index in [0.29, 0.717) is 19.6 Å². The average molecular weight is 392 g/mol. The molecule has 1 aliphatic heterocycles.